The minimum Gasteiger partial charge on any atom is -0.327 e. The number of aromatic nitrogens is 7. The van der Waals surface area contributed by atoms with Crippen LogP contribution in [-0.4, -0.2) is 33.6 Å². The minimum atomic E-state index is -0.174. The number of hydrogen-bond acceptors (Lipinski definition) is 6. The molecule has 8 nitrogen and oxygen atoms in total. The van der Waals surface area contributed by atoms with Gasteiger partial charge < -0.3 is 9.13 Å². The highest BCUT2D eigenvalue weighted by atomic mass is 32.1. The zero-order valence-electron chi connectivity index (χ0n) is 21.0. The van der Waals surface area contributed by atoms with E-state index in [-0.39, 0.29) is 11.6 Å². The van der Waals surface area contributed by atoms with Gasteiger partial charge in [0.1, 0.15) is 17.8 Å². The summed E-state index contributed by atoms with van der Waals surface area (Å²) in [5, 5.41) is 4.70. The molecule has 5 heterocycles. The lowest BCUT2D eigenvalue weighted by molar-refractivity contribution is 0.605. The van der Waals surface area contributed by atoms with Crippen LogP contribution in [0, 0.1) is 0 Å². The van der Waals surface area contributed by atoms with Crippen LogP contribution in [0.4, 0.5) is 0 Å². The Labute approximate surface area is 222 Å². The summed E-state index contributed by atoms with van der Waals surface area (Å²) in [4.78, 5) is 32.5. The van der Waals surface area contributed by atoms with Crippen LogP contribution in [0.1, 0.15) is 44.3 Å². The van der Waals surface area contributed by atoms with Gasteiger partial charge >= 0.3 is 0 Å². The normalized spacial score (nSPS) is 13.6. The summed E-state index contributed by atoms with van der Waals surface area (Å²) in [7, 11) is 0. The average Bonchev–Trinajstić information content (AvgIpc) is 3.34. The van der Waals surface area contributed by atoms with E-state index in [1.165, 1.54) is 17.4 Å². The Morgan fingerprint density at radius 3 is 2.74 bits per heavy atom. The summed E-state index contributed by atoms with van der Waals surface area (Å²) in [6.45, 7) is 4.20. The Kier molecular flexibility index (Phi) is 5.33. The van der Waals surface area contributed by atoms with E-state index in [1.807, 2.05) is 47.4 Å². The second kappa shape index (κ2) is 8.88. The largest absolute Gasteiger partial charge is 0.327 e. The molecule has 188 valence electrons. The summed E-state index contributed by atoms with van der Waals surface area (Å²) in [5.74, 6) is 1.81. The molecule has 0 aliphatic heterocycles. The topological polar surface area (TPSA) is 83.4 Å². The SMILES string of the molecule is CC(C)n1ccnc1-c1cccc(-n2cnc3cc(-c4ccsc4)c(-n4cnc(C5CC5)c4)cc3c2=O)n1. The smallest absolute Gasteiger partial charge is 0.267 e. The van der Waals surface area contributed by atoms with Gasteiger partial charge in [0.2, 0.25) is 0 Å². The summed E-state index contributed by atoms with van der Waals surface area (Å²) in [6, 6.07) is 11.9. The molecule has 1 aliphatic carbocycles. The van der Waals surface area contributed by atoms with Gasteiger partial charge in [-0.3, -0.25) is 9.36 Å². The van der Waals surface area contributed by atoms with Crippen molar-refractivity contribution in [1.82, 2.24) is 33.6 Å². The van der Waals surface area contributed by atoms with E-state index in [0.29, 0.717) is 28.3 Å². The number of hydrogen-bond donors (Lipinski definition) is 0. The van der Waals surface area contributed by atoms with Crippen LogP contribution in [-0.2, 0) is 0 Å². The second-order valence-electron chi connectivity index (χ2n) is 9.93. The third-order valence-corrected chi connectivity index (χ3v) is 7.70. The van der Waals surface area contributed by atoms with Crippen molar-refractivity contribution in [3.8, 4) is 34.2 Å². The van der Waals surface area contributed by atoms with E-state index in [9.17, 15) is 4.79 Å². The molecule has 7 rings (SSSR count). The van der Waals surface area contributed by atoms with Gasteiger partial charge in [-0.1, -0.05) is 6.07 Å². The number of fused-ring (bicyclic) bond motifs is 1. The van der Waals surface area contributed by atoms with Crippen LogP contribution in [0.2, 0.25) is 0 Å². The predicted molar refractivity (Wildman–Crippen MR) is 149 cm³/mol. The van der Waals surface area contributed by atoms with Gasteiger partial charge in [0.15, 0.2) is 5.82 Å². The molecule has 0 atom stereocenters. The molecule has 1 fully saturated rings. The number of pyridine rings is 1. The van der Waals surface area contributed by atoms with Crippen molar-refractivity contribution < 1.29 is 0 Å². The molecule has 0 saturated heterocycles. The quantitative estimate of drug-likeness (QED) is 0.269. The summed E-state index contributed by atoms with van der Waals surface area (Å²) in [5.41, 5.74) is 5.29. The standard InChI is InChI=1S/C29H25N7OS/c1-18(2)35-10-9-30-28(35)23-4-3-5-27(33-23)36-17-32-24-12-21(20-8-11-38-15-20)26(13-22(24)29(36)37)34-14-25(31-16-34)19-6-7-19/h3-5,8-19H,6-7H2,1-2H3. The summed E-state index contributed by atoms with van der Waals surface area (Å²) < 4.78 is 5.60. The molecule has 1 saturated carbocycles. The lowest BCUT2D eigenvalue weighted by Gasteiger charge is -2.13. The van der Waals surface area contributed by atoms with Gasteiger partial charge in [0.05, 0.1) is 28.6 Å². The Balaban J connectivity index is 1.38. The molecule has 9 heteroatoms. The maximum absolute atomic E-state index is 13.8. The maximum Gasteiger partial charge on any atom is 0.267 e. The first-order valence-electron chi connectivity index (χ1n) is 12.7. The van der Waals surface area contributed by atoms with Crippen molar-refractivity contribution in [2.45, 2.75) is 38.6 Å². The van der Waals surface area contributed by atoms with Crippen LogP contribution in [0.25, 0.3) is 45.1 Å². The lowest BCUT2D eigenvalue weighted by atomic mass is 10.0. The minimum absolute atomic E-state index is 0.174. The molecule has 1 aromatic carbocycles. The number of benzene rings is 1. The van der Waals surface area contributed by atoms with E-state index in [1.54, 1.807) is 23.9 Å². The molecule has 38 heavy (non-hydrogen) atoms. The first kappa shape index (κ1) is 22.8. The highest BCUT2D eigenvalue weighted by Gasteiger charge is 2.26. The van der Waals surface area contributed by atoms with Gasteiger partial charge in [0, 0.05) is 36.1 Å². The fourth-order valence-corrected chi connectivity index (χ4v) is 5.51. The van der Waals surface area contributed by atoms with Gasteiger partial charge in [-0.25, -0.2) is 19.9 Å². The third kappa shape index (κ3) is 3.86. The van der Waals surface area contributed by atoms with Crippen LogP contribution in [0.15, 0.2) is 83.2 Å². The van der Waals surface area contributed by atoms with E-state index in [2.05, 4.69) is 56.4 Å². The highest BCUT2D eigenvalue weighted by Crippen LogP contribution is 2.40. The number of nitrogens with zero attached hydrogens (tertiary/aromatic N) is 7. The van der Waals surface area contributed by atoms with Crippen LogP contribution < -0.4 is 5.56 Å². The lowest BCUT2D eigenvalue weighted by Crippen LogP contribution is -2.20. The molecule has 0 bridgehead atoms. The molecule has 1 aliphatic rings. The van der Waals surface area contributed by atoms with Crippen molar-refractivity contribution in [2.75, 3.05) is 0 Å². The second-order valence-corrected chi connectivity index (χ2v) is 10.7. The number of rotatable bonds is 6. The van der Waals surface area contributed by atoms with Crippen molar-refractivity contribution >= 4 is 22.2 Å². The fourth-order valence-electron chi connectivity index (χ4n) is 4.85. The summed E-state index contributed by atoms with van der Waals surface area (Å²) in [6.07, 6.45) is 11.6. The van der Waals surface area contributed by atoms with Crippen molar-refractivity contribution in [3.63, 3.8) is 0 Å². The van der Waals surface area contributed by atoms with Crippen LogP contribution in [0.5, 0.6) is 0 Å². The highest BCUT2D eigenvalue weighted by molar-refractivity contribution is 7.08. The molecule has 0 unspecified atom stereocenters. The van der Waals surface area contributed by atoms with Crippen molar-refractivity contribution in [3.05, 3.63) is 94.5 Å². The Hall–Kier alpha value is -4.37. The maximum atomic E-state index is 13.8. The third-order valence-electron chi connectivity index (χ3n) is 7.02. The van der Waals surface area contributed by atoms with Crippen LogP contribution in [0.3, 0.4) is 0 Å². The number of thiophene rings is 1. The number of imidazole rings is 2. The van der Waals surface area contributed by atoms with E-state index >= 15 is 0 Å². The molecule has 5 aromatic heterocycles. The molecule has 0 spiro atoms. The van der Waals surface area contributed by atoms with E-state index in [0.717, 1.165) is 28.3 Å². The molecule has 6 aromatic rings. The Bertz CT molecular complexity index is 1840. The van der Waals surface area contributed by atoms with Gasteiger partial charge in [-0.05, 0) is 73.3 Å². The zero-order chi connectivity index (χ0) is 25.8. The predicted octanol–water partition coefficient (Wildman–Crippen LogP) is 6.02. The summed E-state index contributed by atoms with van der Waals surface area (Å²) >= 11 is 1.64. The van der Waals surface area contributed by atoms with Crippen molar-refractivity contribution in [2.24, 2.45) is 0 Å². The first-order valence-corrected chi connectivity index (χ1v) is 13.6. The van der Waals surface area contributed by atoms with E-state index < -0.39 is 0 Å². The first-order chi connectivity index (χ1) is 18.6. The molecular formula is C29H25N7OS. The molecule has 0 N–H and O–H groups in total. The Morgan fingerprint density at radius 2 is 1.95 bits per heavy atom. The Morgan fingerprint density at radius 1 is 1.05 bits per heavy atom. The van der Waals surface area contributed by atoms with Gasteiger partial charge in [0.25, 0.3) is 5.56 Å². The zero-order valence-corrected chi connectivity index (χ0v) is 21.8. The van der Waals surface area contributed by atoms with Crippen LogP contribution >= 0.6 is 11.3 Å². The average molecular weight is 520 g/mol. The monoisotopic (exact) mass is 519 g/mol. The van der Waals surface area contributed by atoms with Gasteiger partial charge in [-0.15, -0.1) is 0 Å². The van der Waals surface area contributed by atoms with Gasteiger partial charge in [-0.2, -0.15) is 11.3 Å². The van der Waals surface area contributed by atoms with E-state index in [4.69, 9.17) is 4.98 Å². The van der Waals surface area contributed by atoms with Crippen molar-refractivity contribution in [1.29, 1.82) is 0 Å². The molecule has 0 amide bonds. The molecular weight excluding hydrogens is 494 g/mol. The molecule has 0 radical (unpaired) electrons. The fraction of sp³-hybridized carbons (Fsp3) is 0.207.